The topological polar surface area (TPSA) is 134 Å². The van der Waals surface area contributed by atoms with Crippen molar-refractivity contribution < 1.29 is 0 Å². The van der Waals surface area contributed by atoms with E-state index in [0.29, 0.717) is 23.7 Å². The van der Waals surface area contributed by atoms with Crippen LogP contribution in [0.3, 0.4) is 0 Å². The van der Waals surface area contributed by atoms with Crippen molar-refractivity contribution in [3.05, 3.63) is 107 Å². The summed E-state index contributed by atoms with van der Waals surface area (Å²) in [6.45, 7) is 48.8. The van der Waals surface area contributed by atoms with E-state index in [1.54, 1.807) is 9.26 Å². The molecule has 63 heavy (non-hydrogen) atoms. The lowest BCUT2D eigenvalue weighted by molar-refractivity contribution is 0.716. The Morgan fingerprint density at radius 3 is 1.30 bits per heavy atom. The van der Waals surface area contributed by atoms with Gasteiger partial charge in [-0.2, -0.15) is 25.0 Å². The molecule has 0 saturated carbocycles. The van der Waals surface area contributed by atoms with Gasteiger partial charge in [0.15, 0.2) is 0 Å². The SMILES string of the molecule is Cc1c(C)c(C)n2nnc(C(C)C)c2c1C.Cc1nn2c(C)c(C)nc(C)c2c1C(C)C.Cc1nn2nc(C)c(C(C)C)c2c(C)c1C.Cc1nn2nnc(C(C)C)c2c(C)c1C. The molecular formula is C50H73N13. The average Bonchev–Trinajstić information content (AvgIpc) is 4.00. The van der Waals surface area contributed by atoms with Gasteiger partial charge in [-0.3, -0.25) is 4.98 Å². The summed E-state index contributed by atoms with van der Waals surface area (Å²) in [6, 6.07) is 0. The Balaban J connectivity index is 0.000000158. The van der Waals surface area contributed by atoms with E-state index in [-0.39, 0.29) is 0 Å². The Hall–Kier alpha value is -5.59. The van der Waals surface area contributed by atoms with Gasteiger partial charge < -0.3 is 0 Å². The van der Waals surface area contributed by atoms with Gasteiger partial charge in [0.2, 0.25) is 0 Å². The first kappa shape index (κ1) is 48.4. The molecular weight excluding hydrogens is 783 g/mol. The van der Waals surface area contributed by atoms with Crippen LogP contribution in [-0.2, 0) is 0 Å². The smallest absolute Gasteiger partial charge is 0.114 e. The zero-order valence-corrected chi connectivity index (χ0v) is 42.6. The third-order valence-electron chi connectivity index (χ3n) is 13.1. The average molecular weight is 856 g/mol. The highest BCUT2D eigenvalue weighted by molar-refractivity contribution is 5.66. The largest absolute Gasteiger partial charge is 0.254 e. The third-order valence-corrected chi connectivity index (χ3v) is 13.1. The van der Waals surface area contributed by atoms with Gasteiger partial charge in [0, 0.05) is 16.8 Å². The molecule has 0 fully saturated rings. The highest BCUT2D eigenvalue weighted by Gasteiger charge is 2.20. The molecule has 8 aromatic heterocycles. The molecule has 0 saturated heterocycles. The predicted octanol–water partition coefficient (Wildman–Crippen LogP) is 11.4. The van der Waals surface area contributed by atoms with E-state index in [1.807, 2.05) is 29.8 Å². The molecule has 0 N–H and O–H groups in total. The van der Waals surface area contributed by atoms with Crippen LogP contribution in [0.25, 0.3) is 22.1 Å². The van der Waals surface area contributed by atoms with Crippen molar-refractivity contribution in [2.45, 2.75) is 183 Å². The van der Waals surface area contributed by atoms with Crippen LogP contribution in [0.4, 0.5) is 0 Å². The summed E-state index contributed by atoms with van der Waals surface area (Å²) in [5.41, 5.74) is 27.2. The Labute approximate surface area is 375 Å². The monoisotopic (exact) mass is 856 g/mol. The Bertz CT molecular complexity index is 2950. The summed E-state index contributed by atoms with van der Waals surface area (Å²) < 4.78 is 7.46. The van der Waals surface area contributed by atoms with Gasteiger partial charge in [0.05, 0.1) is 67.8 Å². The number of aromatic nitrogens is 13. The standard InChI is InChI=1S/3C13H19N3.C11H16N4/c1-7(2)12-9(4)15-16-11(6)8(3)14-10(5)13(12)16;1-7(2)12-11(6)15-16-13(12)9(4)8(3)10(5)14-16;1-7(2)12-13-10(5)8(3)9(4)11(6)16(13)15-14-12;1-6(2)10-11-8(4)7(3)9(5)13-15(11)14-12-10/h3*7H,1-6H3;6H,1-5H3. The lowest BCUT2D eigenvalue weighted by Crippen LogP contribution is -2.03. The molecule has 0 radical (unpaired) electrons. The molecule has 0 unspecified atom stereocenters. The highest BCUT2D eigenvalue weighted by atomic mass is 15.5. The van der Waals surface area contributed by atoms with Crippen LogP contribution in [0.5, 0.6) is 0 Å². The fraction of sp³-hybridized carbons (Fsp3) is 0.540. The van der Waals surface area contributed by atoms with Crippen LogP contribution < -0.4 is 0 Å². The predicted molar refractivity (Wildman–Crippen MR) is 257 cm³/mol. The summed E-state index contributed by atoms with van der Waals surface area (Å²) in [5, 5.41) is 34.8. The lowest BCUT2D eigenvalue weighted by atomic mass is 9.98. The molecule has 13 nitrogen and oxygen atoms in total. The normalized spacial score (nSPS) is 11.7. The zero-order valence-electron chi connectivity index (χ0n) is 42.6. The minimum atomic E-state index is 0.380. The van der Waals surface area contributed by atoms with E-state index in [1.165, 1.54) is 72.3 Å². The fourth-order valence-electron chi connectivity index (χ4n) is 8.58. The molecule has 0 atom stereocenters. The third kappa shape index (κ3) is 8.97. The van der Waals surface area contributed by atoms with Crippen molar-refractivity contribution in [1.82, 2.24) is 64.3 Å². The molecule has 0 aliphatic heterocycles. The van der Waals surface area contributed by atoms with Gasteiger partial charge in [-0.1, -0.05) is 60.6 Å². The van der Waals surface area contributed by atoms with Crippen molar-refractivity contribution in [2.24, 2.45) is 0 Å². The molecule has 338 valence electrons. The first-order chi connectivity index (χ1) is 29.3. The second-order valence-electron chi connectivity index (χ2n) is 18.8. The summed E-state index contributed by atoms with van der Waals surface area (Å²) in [6.07, 6.45) is 0. The summed E-state index contributed by atoms with van der Waals surface area (Å²) >= 11 is 0. The molecule has 8 rings (SSSR count). The minimum absolute atomic E-state index is 0.380. The Morgan fingerprint density at radius 1 is 0.317 bits per heavy atom. The molecule has 0 aliphatic rings. The zero-order chi connectivity index (χ0) is 47.3. The fourth-order valence-corrected chi connectivity index (χ4v) is 8.58. The Morgan fingerprint density at radius 2 is 0.762 bits per heavy atom. The van der Waals surface area contributed by atoms with E-state index in [4.69, 9.17) is 0 Å². The van der Waals surface area contributed by atoms with Crippen molar-refractivity contribution in [2.75, 3.05) is 0 Å². The van der Waals surface area contributed by atoms with E-state index in [0.717, 1.165) is 56.8 Å². The van der Waals surface area contributed by atoms with Gasteiger partial charge in [-0.25, -0.2) is 9.03 Å². The maximum Gasteiger partial charge on any atom is 0.114 e. The quantitative estimate of drug-likeness (QED) is 0.170. The molecule has 13 heteroatoms. The van der Waals surface area contributed by atoms with Crippen molar-refractivity contribution in [3.8, 4) is 0 Å². The molecule has 0 bridgehead atoms. The van der Waals surface area contributed by atoms with Crippen molar-refractivity contribution in [1.29, 1.82) is 0 Å². The first-order valence-corrected chi connectivity index (χ1v) is 22.5. The highest BCUT2D eigenvalue weighted by Crippen LogP contribution is 2.30. The van der Waals surface area contributed by atoms with Gasteiger partial charge in [-0.15, -0.1) is 14.8 Å². The summed E-state index contributed by atoms with van der Waals surface area (Å²) in [7, 11) is 0. The van der Waals surface area contributed by atoms with Gasteiger partial charge in [0.1, 0.15) is 5.52 Å². The van der Waals surface area contributed by atoms with Crippen molar-refractivity contribution in [3.63, 3.8) is 0 Å². The number of hydrogen-bond donors (Lipinski definition) is 0. The number of aryl methyl sites for hydroxylation is 11. The van der Waals surface area contributed by atoms with E-state index in [9.17, 15) is 0 Å². The van der Waals surface area contributed by atoms with Gasteiger partial charge >= 0.3 is 0 Å². The van der Waals surface area contributed by atoms with Gasteiger partial charge in [0.25, 0.3) is 0 Å². The van der Waals surface area contributed by atoms with E-state index < -0.39 is 0 Å². The number of fused-ring (bicyclic) bond motifs is 4. The molecule has 0 spiro atoms. The maximum atomic E-state index is 4.63. The number of hydrogen-bond acceptors (Lipinski definition) is 9. The van der Waals surface area contributed by atoms with Crippen LogP contribution in [0.1, 0.15) is 186 Å². The molecule has 0 aromatic carbocycles. The van der Waals surface area contributed by atoms with Crippen molar-refractivity contribution >= 4 is 22.1 Å². The first-order valence-electron chi connectivity index (χ1n) is 22.5. The summed E-state index contributed by atoms with van der Waals surface area (Å²) in [5.74, 6) is 1.77. The molecule has 0 aliphatic carbocycles. The minimum Gasteiger partial charge on any atom is -0.254 e. The second-order valence-corrected chi connectivity index (χ2v) is 18.8. The number of pyridine rings is 1. The number of rotatable bonds is 4. The molecule has 0 amide bonds. The summed E-state index contributed by atoms with van der Waals surface area (Å²) in [4.78, 5) is 4.60. The number of nitrogens with zero attached hydrogens (tertiary/aromatic N) is 13. The lowest BCUT2D eigenvalue weighted by Gasteiger charge is -2.12. The van der Waals surface area contributed by atoms with E-state index in [2.05, 4.69) is 184 Å². The van der Waals surface area contributed by atoms with E-state index >= 15 is 0 Å². The van der Waals surface area contributed by atoms with Crippen LogP contribution in [0.15, 0.2) is 0 Å². The molecule has 8 heterocycles. The van der Waals surface area contributed by atoms with Crippen LogP contribution in [0.2, 0.25) is 0 Å². The second kappa shape index (κ2) is 18.6. The van der Waals surface area contributed by atoms with Crippen LogP contribution >= 0.6 is 0 Å². The van der Waals surface area contributed by atoms with Crippen LogP contribution in [0, 0.1) is 104 Å². The Kier molecular flexibility index (Phi) is 14.3. The van der Waals surface area contributed by atoms with Crippen LogP contribution in [-0.4, -0.2) is 64.3 Å². The maximum absolute atomic E-state index is 4.63. The molecule has 8 aromatic rings. The van der Waals surface area contributed by atoms with Gasteiger partial charge in [-0.05, 0) is 172 Å².